The van der Waals surface area contributed by atoms with E-state index in [0.717, 1.165) is 12.0 Å². The summed E-state index contributed by atoms with van der Waals surface area (Å²) < 4.78 is 10.00. The fourth-order valence-electron chi connectivity index (χ4n) is 2.44. The molecule has 1 amide bonds. The first-order chi connectivity index (χ1) is 10.9. The fourth-order valence-corrected chi connectivity index (χ4v) is 2.44. The van der Waals surface area contributed by atoms with Crippen molar-refractivity contribution in [3.63, 3.8) is 0 Å². The molecule has 2 heterocycles. The summed E-state index contributed by atoms with van der Waals surface area (Å²) in [5.74, 6) is -2.92. The van der Waals surface area contributed by atoms with Crippen LogP contribution in [0.4, 0.5) is 5.69 Å². The molecule has 0 atom stereocenters. The molecule has 0 aromatic heterocycles. The minimum atomic E-state index is -1.27. The average Bonchev–Trinajstić information content (AvgIpc) is 2.46. The minimum absolute atomic E-state index is 0.138. The molecule has 2 aliphatic rings. The molecule has 1 aromatic carbocycles. The van der Waals surface area contributed by atoms with Crippen LogP contribution in [0.2, 0.25) is 0 Å². The summed E-state index contributed by atoms with van der Waals surface area (Å²) >= 11 is 0. The smallest absolute Gasteiger partial charge is 0.350 e. The maximum absolute atomic E-state index is 11.8. The summed E-state index contributed by atoms with van der Waals surface area (Å²) in [6, 6.07) is 5.29. The van der Waals surface area contributed by atoms with Gasteiger partial charge in [-0.25, -0.2) is 9.59 Å². The lowest BCUT2D eigenvalue weighted by molar-refractivity contribution is -0.222. The monoisotopic (exact) mass is 316 g/mol. The highest BCUT2D eigenvalue weighted by atomic mass is 16.7. The first-order valence-electron chi connectivity index (χ1n) is 7.20. The number of anilines is 1. The van der Waals surface area contributed by atoms with Gasteiger partial charge in [-0.3, -0.25) is 4.79 Å². The lowest BCUT2D eigenvalue weighted by atomic mass is 10.00. The van der Waals surface area contributed by atoms with E-state index in [9.17, 15) is 14.4 Å². The second-order valence-electron chi connectivity index (χ2n) is 5.76. The zero-order valence-electron chi connectivity index (χ0n) is 12.8. The molecule has 120 valence electrons. The van der Waals surface area contributed by atoms with Crippen molar-refractivity contribution in [1.82, 2.24) is 5.32 Å². The van der Waals surface area contributed by atoms with Crippen LogP contribution in [0.25, 0.3) is 0 Å². The quantitative estimate of drug-likeness (QED) is 0.482. The summed E-state index contributed by atoms with van der Waals surface area (Å²) in [6.45, 7) is 3.58. The van der Waals surface area contributed by atoms with Gasteiger partial charge in [-0.1, -0.05) is 6.07 Å². The maximum atomic E-state index is 11.8. The van der Waals surface area contributed by atoms with Crippen LogP contribution in [0, 0.1) is 0 Å². The van der Waals surface area contributed by atoms with Gasteiger partial charge in [0.25, 0.3) is 11.7 Å². The highest BCUT2D eigenvalue weighted by Crippen LogP contribution is 2.23. The molecule has 2 N–H and O–H groups in total. The summed E-state index contributed by atoms with van der Waals surface area (Å²) in [6.07, 6.45) is 2.00. The van der Waals surface area contributed by atoms with Crippen LogP contribution in [0.3, 0.4) is 0 Å². The molecule has 7 nitrogen and oxygen atoms in total. The molecule has 7 heteroatoms. The van der Waals surface area contributed by atoms with Crippen molar-refractivity contribution in [2.45, 2.75) is 26.1 Å². The predicted molar refractivity (Wildman–Crippen MR) is 80.4 cm³/mol. The van der Waals surface area contributed by atoms with E-state index in [1.807, 2.05) is 6.07 Å². The molecule has 0 spiro atoms. The Bertz CT molecular complexity index is 714. The number of amides is 1. The van der Waals surface area contributed by atoms with E-state index in [1.165, 1.54) is 20.0 Å². The van der Waals surface area contributed by atoms with Gasteiger partial charge >= 0.3 is 11.9 Å². The minimum Gasteiger partial charge on any atom is -0.419 e. The lowest BCUT2D eigenvalue weighted by Crippen LogP contribution is -2.42. The average molecular weight is 316 g/mol. The number of carbonyl (C=O) groups is 3. The Kier molecular flexibility index (Phi) is 3.55. The van der Waals surface area contributed by atoms with Crippen molar-refractivity contribution in [2.75, 3.05) is 11.9 Å². The third-order valence-electron chi connectivity index (χ3n) is 3.53. The SMILES string of the molecule is CC1(C)OC(=O)C(=CNc2ccc3c(c2)C(=O)NCC3)C(=O)O1. The van der Waals surface area contributed by atoms with Crippen LogP contribution >= 0.6 is 0 Å². The van der Waals surface area contributed by atoms with Crippen molar-refractivity contribution in [3.8, 4) is 0 Å². The molecule has 1 saturated heterocycles. The van der Waals surface area contributed by atoms with Gasteiger partial charge in [0.2, 0.25) is 0 Å². The molecule has 23 heavy (non-hydrogen) atoms. The lowest BCUT2D eigenvalue weighted by Gasteiger charge is -2.29. The number of hydrogen-bond donors (Lipinski definition) is 2. The topological polar surface area (TPSA) is 93.7 Å². The fraction of sp³-hybridized carbons (Fsp3) is 0.312. The second kappa shape index (κ2) is 5.42. The molecule has 0 bridgehead atoms. The first-order valence-corrected chi connectivity index (χ1v) is 7.20. The van der Waals surface area contributed by atoms with E-state index in [2.05, 4.69) is 10.6 Å². The molecule has 3 rings (SSSR count). The van der Waals surface area contributed by atoms with Gasteiger partial charge in [0.15, 0.2) is 5.57 Å². The number of fused-ring (bicyclic) bond motifs is 1. The van der Waals surface area contributed by atoms with Gasteiger partial charge in [0, 0.05) is 37.8 Å². The molecule has 1 fully saturated rings. The molecule has 0 radical (unpaired) electrons. The van der Waals surface area contributed by atoms with Gasteiger partial charge in [-0.2, -0.15) is 0 Å². The van der Waals surface area contributed by atoms with Gasteiger partial charge < -0.3 is 20.1 Å². The van der Waals surface area contributed by atoms with Crippen LogP contribution in [-0.4, -0.2) is 30.2 Å². The van der Waals surface area contributed by atoms with Gasteiger partial charge in [0.05, 0.1) is 0 Å². The highest BCUT2D eigenvalue weighted by molar-refractivity contribution is 6.15. The van der Waals surface area contributed by atoms with E-state index >= 15 is 0 Å². The number of cyclic esters (lactones) is 2. The van der Waals surface area contributed by atoms with E-state index in [0.29, 0.717) is 17.8 Å². The predicted octanol–water partition coefficient (Wildman–Crippen LogP) is 1.10. The summed E-state index contributed by atoms with van der Waals surface area (Å²) in [7, 11) is 0. The molecular weight excluding hydrogens is 300 g/mol. The van der Waals surface area contributed by atoms with E-state index in [1.54, 1.807) is 12.1 Å². The largest absolute Gasteiger partial charge is 0.419 e. The molecule has 0 aliphatic carbocycles. The highest BCUT2D eigenvalue weighted by Gasteiger charge is 2.38. The summed E-state index contributed by atoms with van der Waals surface area (Å²) in [5, 5.41) is 5.59. The Morgan fingerprint density at radius 1 is 1.17 bits per heavy atom. The van der Waals surface area contributed by atoms with E-state index < -0.39 is 17.7 Å². The van der Waals surface area contributed by atoms with Crippen molar-refractivity contribution < 1.29 is 23.9 Å². The standard InChI is InChI=1S/C16H16N2O5/c1-16(2)22-14(20)12(15(21)23-16)8-18-10-4-3-9-5-6-17-13(19)11(9)7-10/h3-4,7-8,18H,5-6H2,1-2H3,(H,17,19). The van der Waals surface area contributed by atoms with Crippen molar-refractivity contribution >= 4 is 23.5 Å². The van der Waals surface area contributed by atoms with Gasteiger partial charge in [0.1, 0.15) is 0 Å². The summed E-state index contributed by atoms with van der Waals surface area (Å²) in [4.78, 5) is 35.5. The van der Waals surface area contributed by atoms with Crippen LogP contribution in [-0.2, 0) is 25.5 Å². The zero-order chi connectivity index (χ0) is 16.6. The first kappa shape index (κ1) is 15.1. The number of nitrogens with one attached hydrogen (secondary N) is 2. The van der Waals surface area contributed by atoms with Crippen molar-refractivity contribution in [2.24, 2.45) is 0 Å². The number of ether oxygens (including phenoxy) is 2. The van der Waals surface area contributed by atoms with E-state index in [4.69, 9.17) is 9.47 Å². The maximum Gasteiger partial charge on any atom is 0.350 e. The molecule has 0 unspecified atom stereocenters. The number of carbonyl (C=O) groups excluding carboxylic acids is 3. The van der Waals surface area contributed by atoms with Gasteiger partial charge in [-0.15, -0.1) is 0 Å². The number of rotatable bonds is 2. The van der Waals surface area contributed by atoms with Crippen LogP contribution < -0.4 is 10.6 Å². The Labute approximate surface area is 132 Å². The van der Waals surface area contributed by atoms with Crippen LogP contribution in [0.15, 0.2) is 30.0 Å². The van der Waals surface area contributed by atoms with E-state index in [-0.39, 0.29) is 11.5 Å². The molecule has 2 aliphatic heterocycles. The Balaban J connectivity index is 1.80. The molecule has 1 aromatic rings. The Morgan fingerprint density at radius 2 is 1.87 bits per heavy atom. The molecule has 0 saturated carbocycles. The van der Waals surface area contributed by atoms with Crippen LogP contribution in [0.5, 0.6) is 0 Å². The normalized spacial score (nSPS) is 19.2. The van der Waals surface area contributed by atoms with Gasteiger partial charge in [-0.05, 0) is 24.1 Å². The van der Waals surface area contributed by atoms with Crippen molar-refractivity contribution in [1.29, 1.82) is 0 Å². The van der Waals surface area contributed by atoms with Crippen LogP contribution in [0.1, 0.15) is 29.8 Å². The Hall–Kier alpha value is -2.83. The van der Waals surface area contributed by atoms with Crippen molar-refractivity contribution in [3.05, 3.63) is 41.1 Å². The number of hydrogen-bond acceptors (Lipinski definition) is 6. The third-order valence-corrected chi connectivity index (χ3v) is 3.53. The number of esters is 2. The second-order valence-corrected chi connectivity index (χ2v) is 5.76. The Morgan fingerprint density at radius 3 is 2.57 bits per heavy atom. The number of benzene rings is 1. The third kappa shape index (κ3) is 3.03. The summed E-state index contributed by atoms with van der Waals surface area (Å²) in [5.41, 5.74) is 1.89. The zero-order valence-corrected chi connectivity index (χ0v) is 12.8. The molecular formula is C16H16N2O5.